The smallest absolute Gasteiger partial charge is 0.306 e. The number of carbonyl (C=O) groups excluding carboxylic acids is 3. The molecule has 0 aromatic rings. The van der Waals surface area contributed by atoms with Gasteiger partial charge in [-0.3, -0.25) is 14.4 Å². The van der Waals surface area contributed by atoms with Crippen LogP contribution in [0.5, 0.6) is 0 Å². The Morgan fingerprint density at radius 3 is 0.870 bits per heavy atom. The molecule has 0 fully saturated rings. The standard InChI is InChI=1S/C63H106O6/c1-4-7-10-13-16-19-22-25-28-30-31-33-35-38-41-44-47-50-53-56-62(65)68-59-60(58-67-61(64)55-52-49-46-43-40-37-34-27-24-21-18-15-12-9-6-3)69-63(66)57-54-51-48-45-42-39-36-32-29-26-23-20-17-14-11-8-5-2/h16-17,19-21,24-26,28-29,31,33,36,38-39,41,60H,4-15,18,22-23,27,30,32,34-35,37,40,42-59H2,1-3H3/b19-16+,20-17+,24-21+,28-25+,29-26+,33-31+,39-36+,41-38+/t60-/m1/s1. The lowest BCUT2D eigenvalue weighted by Crippen LogP contribution is -2.30. The van der Waals surface area contributed by atoms with Gasteiger partial charge in [-0.1, -0.05) is 214 Å². The van der Waals surface area contributed by atoms with Crippen molar-refractivity contribution in [2.75, 3.05) is 13.2 Å². The minimum Gasteiger partial charge on any atom is -0.462 e. The van der Waals surface area contributed by atoms with E-state index in [-0.39, 0.29) is 31.1 Å². The minimum absolute atomic E-state index is 0.0998. The third-order valence-electron chi connectivity index (χ3n) is 12.0. The zero-order valence-electron chi connectivity index (χ0n) is 45.0. The number of allylic oxidation sites excluding steroid dienone is 16. The van der Waals surface area contributed by atoms with E-state index >= 15 is 0 Å². The minimum atomic E-state index is -0.806. The third-order valence-corrected chi connectivity index (χ3v) is 12.0. The summed E-state index contributed by atoms with van der Waals surface area (Å²) < 4.78 is 16.8. The molecule has 0 aliphatic carbocycles. The van der Waals surface area contributed by atoms with E-state index in [9.17, 15) is 14.4 Å². The molecule has 1 atom stereocenters. The molecule has 6 nitrogen and oxygen atoms in total. The molecule has 0 radical (unpaired) electrons. The summed E-state index contributed by atoms with van der Waals surface area (Å²) in [6.45, 7) is 6.53. The van der Waals surface area contributed by atoms with Gasteiger partial charge in [0.1, 0.15) is 13.2 Å². The molecule has 0 aromatic heterocycles. The van der Waals surface area contributed by atoms with Crippen LogP contribution >= 0.6 is 0 Å². The van der Waals surface area contributed by atoms with Crippen LogP contribution in [0, 0.1) is 0 Å². The van der Waals surface area contributed by atoms with E-state index in [1.165, 1.54) is 116 Å². The van der Waals surface area contributed by atoms with Gasteiger partial charge >= 0.3 is 17.9 Å². The van der Waals surface area contributed by atoms with Gasteiger partial charge in [0.05, 0.1) is 0 Å². The number of hydrogen-bond acceptors (Lipinski definition) is 6. The van der Waals surface area contributed by atoms with E-state index < -0.39 is 6.10 Å². The summed E-state index contributed by atoms with van der Waals surface area (Å²) in [4.78, 5) is 38.2. The van der Waals surface area contributed by atoms with E-state index in [1.807, 2.05) is 0 Å². The number of unbranched alkanes of at least 4 members (excludes halogenated alkanes) is 24. The van der Waals surface area contributed by atoms with E-state index in [0.717, 1.165) is 109 Å². The number of ether oxygens (including phenoxy) is 3. The number of carbonyl (C=O) groups is 3. The first-order valence-electron chi connectivity index (χ1n) is 28.7. The summed E-state index contributed by atoms with van der Waals surface area (Å²) in [5.41, 5.74) is 0. The molecule has 0 amide bonds. The van der Waals surface area contributed by atoms with Gasteiger partial charge in [-0.25, -0.2) is 0 Å². The lowest BCUT2D eigenvalue weighted by atomic mass is 10.1. The van der Waals surface area contributed by atoms with Gasteiger partial charge in [-0.15, -0.1) is 0 Å². The molecule has 69 heavy (non-hydrogen) atoms. The van der Waals surface area contributed by atoms with Gasteiger partial charge in [0, 0.05) is 19.3 Å². The predicted molar refractivity (Wildman–Crippen MR) is 297 cm³/mol. The summed E-state index contributed by atoms with van der Waals surface area (Å²) in [7, 11) is 0. The SMILES string of the molecule is CCCCC/C=C/C/C=C/C/C=C/C/C=C/CCCCCC(=O)OC[C@@H](COC(=O)CCCCCCCCC/C=C/CCCCCC)OC(=O)CCCCCC/C=C/C/C=C/C/C=C/CCCCC. The fraction of sp³-hybridized carbons (Fsp3) is 0.698. The summed E-state index contributed by atoms with van der Waals surface area (Å²) in [5, 5.41) is 0. The van der Waals surface area contributed by atoms with Crippen molar-refractivity contribution in [2.45, 2.75) is 271 Å². The summed E-state index contributed by atoms with van der Waals surface area (Å²) >= 11 is 0. The summed E-state index contributed by atoms with van der Waals surface area (Å²) in [6, 6.07) is 0. The van der Waals surface area contributed by atoms with Crippen LogP contribution in [0.2, 0.25) is 0 Å². The maximum absolute atomic E-state index is 12.9. The van der Waals surface area contributed by atoms with Gasteiger partial charge < -0.3 is 14.2 Å². The molecule has 0 unspecified atom stereocenters. The van der Waals surface area contributed by atoms with Crippen molar-refractivity contribution in [3.05, 3.63) is 97.2 Å². The van der Waals surface area contributed by atoms with Gasteiger partial charge in [0.15, 0.2) is 6.10 Å². The molecule has 0 heterocycles. The normalized spacial score (nSPS) is 12.8. The zero-order chi connectivity index (χ0) is 50.0. The van der Waals surface area contributed by atoms with E-state index in [1.54, 1.807) is 0 Å². The average Bonchev–Trinajstić information content (AvgIpc) is 3.35. The second kappa shape index (κ2) is 56.9. The Bertz CT molecular complexity index is 1380. The fourth-order valence-electron chi connectivity index (χ4n) is 7.66. The Morgan fingerprint density at radius 1 is 0.290 bits per heavy atom. The molecule has 0 N–H and O–H groups in total. The molecule has 0 aliphatic rings. The first-order valence-corrected chi connectivity index (χ1v) is 28.7. The average molecular weight is 960 g/mol. The van der Waals surface area contributed by atoms with E-state index in [2.05, 4.69) is 118 Å². The third kappa shape index (κ3) is 55.1. The topological polar surface area (TPSA) is 78.9 Å². The highest BCUT2D eigenvalue weighted by molar-refractivity contribution is 5.71. The van der Waals surface area contributed by atoms with Crippen LogP contribution < -0.4 is 0 Å². The Balaban J connectivity index is 4.50. The number of rotatable bonds is 51. The molecule has 394 valence electrons. The largest absolute Gasteiger partial charge is 0.462 e. The van der Waals surface area contributed by atoms with E-state index in [4.69, 9.17) is 14.2 Å². The maximum atomic E-state index is 12.9. The second-order valence-corrected chi connectivity index (χ2v) is 18.8. The van der Waals surface area contributed by atoms with Crippen LogP contribution in [0.15, 0.2) is 97.2 Å². The van der Waals surface area contributed by atoms with Crippen molar-refractivity contribution < 1.29 is 28.6 Å². The van der Waals surface area contributed by atoms with E-state index in [0.29, 0.717) is 19.3 Å². The van der Waals surface area contributed by atoms with Gasteiger partial charge in [0.2, 0.25) is 0 Å². The monoisotopic (exact) mass is 959 g/mol. The summed E-state index contributed by atoms with van der Waals surface area (Å²) in [5.74, 6) is -0.956. The quantitative estimate of drug-likeness (QED) is 0.0262. The molecule has 0 bridgehead atoms. The van der Waals surface area contributed by atoms with Crippen molar-refractivity contribution >= 4 is 17.9 Å². The predicted octanol–water partition coefficient (Wildman–Crippen LogP) is 19.3. The van der Waals surface area contributed by atoms with Crippen LogP contribution in [0.4, 0.5) is 0 Å². The van der Waals surface area contributed by atoms with Gasteiger partial charge in [-0.2, -0.15) is 0 Å². The van der Waals surface area contributed by atoms with Crippen molar-refractivity contribution in [2.24, 2.45) is 0 Å². The van der Waals surface area contributed by atoms with Crippen molar-refractivity contribution in [3.8, 4) is 0 Å². The number of hydrogen-bond donors (Lipinski definition) is 0. The van der Waals surface area contributed by atoms with Crippen LogP contribution in [0.25, 0.3) is 0 Å². The fourth-order valence-corrected chi connectivity index (χ4v) is 7.66. The molecular formula is C63H106O6. The van der Waals surface area contributed by atoms with Crippen molar-refractivity contribution in [1.82, 2.24) is 0 Å². The van der Waals surface area contributed by atoms with Gasteiger partial charge in [0.25, 0.3) is 0 Å². The van der Waals surface area contributed by atoms with Crippen LogP contribution in [0.3, 0.4) is 0 Å². The zero-order valence-corrected chi connectivity index (χ0v) is 45.0. The first kappa shape index (κ1) is 65.3. The van der Waals surface area contributed by atoms with Crippen molar-refractivity contribution in [3.63, 3.8) is 0 Å². The van der Waals surface area contributed by atoms with Crippen molar-refractivity contribution in [1.29, 1.82) is 0 Å². The molecule has 6 heteroatoms. The highest BCUT2D eigenvalue weighted by Gasteiger charge is 2.19. The summed E-state index contributed by atoms with van der Waals surface area (Å²) in [6.07, 6.45) is 75.3. The Labute approximate surface area is 426 Å². The molecule has 0 aromatic carbocycles. The first-order chi connectivity index (χ1) is 34.0. The number of esters is 3. The molecular weight excluding hydrogens is 853 g/mol. The van der Waals surface area contributed by atoms with Gasteiger partial charge in [-0.05, 0) is 128 Å². The highest BCUT2D eigenvalue weighted by atomic mass is 16.6. The van der Waals surface area contributed by atoms with Crippen LogP contribution in [0.1, 0.15) is 265 Å². The Hall–Kier alpha value is -3.67. The Morgan fingerprint density at radius 2 is 0.522 bits per heavy atom. The van der Waals surface area contributed by atoms with Crippen LogP contribution in [-0.4, -0.2) is 37.2 Å². The lowest BCUT2D eigenvalue weighted by molar-refractivity contribution is -0.167. The second-order valence-electron chi connectivity index (χ2n) is 18.8. The van der Waals surface area contributed by atoms with Crippen LogP contribution in [-0.2, 0) is 28.6 Å². The molecule has 0 saturated heterocycles. The molecule has 0 rings (SSSR count). The Kier molecular flexibility index (Phi) is 53.9. The highest BCUT2D eigenvalue weighted by Crippen LogP contribution is 2.14. The molecule has 0 saturated carbocycles. The lowest BCUT2D eigenvalue weighted by Gasteiger charge is -2.18. The molecule has 0 aliphatic heterocycles. The molecule has 0 spiro atoms. The maximum Gasteiger partial charge on any atom is 0.306 e.